The Kier molecular flexibility index (Phi) is 3.76. The molecule has 0 amide bonds. The van der Waals surface area contributed by atoms with Crippen LogP contribution in [0.1, 0.15) is 5.56 Å². The molecule has 1 aromatic heterocycles. The molecule has 2 aromatic carbocycles. The number of fused-ring (bicyclic) bond motifs is 1. The second kappa shape index (κ2) is 5.71. The minimum Gasteiger partial charge on any atom is -0.301 e. The van der Waals surface area contributed by atoms with Crippen molar-refractivity contribution in [3.63, 3.8) is 0 Å². The van der Waals surface area contributed by atoms with Crippen LogP contribution in [0.25, 0.3) is 10.2 Å². The van der Waals surface area contributed by atoms with Gasteiger partial charge in [-0.25, -0.2) is 4.98 Å². The summed E-state index contributed by atoms with van der Waals surface area (Å²) in [7, 11) is 0. The number of thiazole rings is 1. The lowest BCUT2D eigenvalue weighted by Crippen LogP contribution is -1.87. The Labute approximate surface area is 129 Å². The first-order valence-electron chi connectivity index (χ1n) is 6.16. The van der Waals surface area contributed by atoms with Crippen LogP contribution in [0.3, 0.4) is 0 Å². The van der Waals surface area contributed by atoms with Gasteiger partial charge in [0.1, 0.15) is 0 Å². The van der Waals surface area contributed by atoms with Gasteiger partial charge in [0.05, 0.1) is 15.1 Å². The highest BCUT2D eigenvalue weighted by Crippen LogP contribution is 2.31. The van der Waals surface area contributed by atoms with Gasteiger partial charge in [0.2, 0.25) is 0 Å². The van der Waals surface area contributed by atoms with Crippen molar-refractivity contribution in [1.29, 1.82) is 0 Å². The molecule has 0 radical (unpaired) electrons. The molecule has 5 nitrogen and oxygen atoms in total. The Balaban J connectivity index is 1.78. The fraction of sp³-hybridized carbons (Fsp3) is 0.0714. The molecule has 7 heteroatoms. The molecule has 21 heavy (non-hydrogen) atoms. The molecule has 1 heterocycles. The first kappa shape index (κ1) is 13.8. The van der Waals surface area contributed by atoms with E-state index in [-0.39, 0.29) is 5.69 Å². The van der Waals surface area contributed by atoms with Crippen LogP contribution in [0.15, 0.2) is 47.4 Å². The minimum atomic E-state index is -0.410. The summed E-state index contributed by atoms with van der Waals surface area (Å²) in [4.78, 5) is 15.8. The van der Waals surface area contributed by atoms with Crippen molar-refractivity contribution >= 4 is 44.3 Å². The van der Waals surface area contributed by atoms with Crippen molar-refractivity contribution in [1.82, 2.24) is 4.98 Å². The third-order valence-corrected chi connectivity index (χ3v) is 4.74. The number of anilines is 1. The number of nitro groups is 1. The number of nitro benzene ring substituents is 1. The van der Waals surface area contributed by atoms with Gasteiger partial charge in [-0.05, 0) is 37.1 Å². The maximum absolute atomic E-state index is 10.8. The summed E-state index contributed by atoms with van der Waals surface area (Å²) in [5, 5.41) is 11.5. The standard InChI is InChI=1S/C14H11N3O2S2/c1-9-2-5-11(6-3-9)21-16-14-15-12-8-10(17(18)19)4-7-13(12)20-14/h2-8H,1H3,(H,15,16). The average molecular weight is 317 g/mol. The zero-order chi connectivity index (χ0) is 14.8. The third-order valence-electron chi connectivity index (χ3n) is 2.86. The first-order valence-corrected chi connectivity index (χ1v) is 7.79. The molecule has 0 atom stereocenters. The van der Waals surface area contributed by atoms with E-state index in [0.29, 0.717) is 5.52 Å². The quantitative estimate of drug-likeness (QED) is 0.431. The lowest BCUT2D eigenvalue weighted by atomic mass is 10.2. The van der Waals surface area contributed by atoms with Crippen molar-refractivity contribution in [3.05, 3.63) is 58.1 Å². The predicted octanol–water partition coefficient (Wildman–Crippen LogP) is 4.63. The van der Waals surface area contributed by atoms with Crippen LogP contribution < -0.4 is 4.72 Å². The molecule has 0 saturated heterocycles. The van der Waals surface area contributed by atoms with Gasteiger partial charge in [-0.15, -0.1) is 0 Å². The first-order chi connectivity index (χ1) is 10.1. The van der Waals surface area contributed by atoms with Crippen molar-refractivity contribution in [2.45, 2.75) is 11.8 Å². The molecule has 106 valence electrons. The average Bonchev–Trinajstić information content (AvgIpc) is 2.88. The zero-order valence-corrected chi connectivity index (χ0v) is 12.7. The highest BCUT2D eigenvalue weighted by atomic mass is 32.2. The molecule has 3 aromatic rings. The topological polar surface area (TPSA) is 68.1 Å². The van der Waals surface area contributed by atoms with E-state index >= 15 is 0 Å². The predicted molar refractivity (Wildman–Crippen MR) is 86.9 cm³/mol. The smallest absolute Gasteiger partial charge is 0.271 e. The van der Waals surface area contributed by atoms with Gasteiger partial charge in [-0.2, -0.15) is 0 Å². The lowest BCUT2D eigenvalue weighted by Gasteiger charge is -2.01. The number of non-ortho nitro benzene ring substituents is 1. The Morgan fingerprint density at radius 3 is 2.71 bits per heavy atom. The number of hydrogen-bond donors (Lipinski definition) is 1. The fourth-order valence-corrected chi connectivity index (χ4v) is 3.29. The van der Waals surface area contributed by atoms with E-state index in [1.54, 1.807) is 6.07 Å². The van der Waals surface area contributed by atoms with Gasteiger partial charge in [-0.1, -0.05) is 29.0 Å². The summed E-state index contributed by atoms with van der Waals surface area (Å²) in [6.45, 7) is 2.04. The van der Waals surface area contributed by atoms with E-state index < -0.39 is 4.92 Å². The molecular weight excluding hydrogens is 306 g/mol. The third kappa shape index (κ3) is 3.14. The van der Waals surface area contributed by atoms with Gasteiger partial charge >= 0.3 is 0 Å². The van der Waals surface area contributed by atoms with E-state index in [0.717, 1.165) is 14.7 Å². The Morgan fingerprint density at radius 2 is 2.00 bits per heavy atom. The van der Waals surface area contributed by atoms with Crippen molar-refractivity contribution in [2.75, 3.05) is 4.72 Å². The maximum Gasteiger partial charge on any atom is 0.271 e. The van der Waals surface area contributed by atoms with E-state index in [1.807, 2.05) is 31.2 Å². The van der Waals surface area contributed by atoms with Crippen LogP contribution in [-0.2, 0) is 0 Å². The molecule has 3 rings (SSSR count). The van der Waals surface area contributed by atoms with Crippen molar-refractivity contribution in [2.24, 2.45) is 0 Å². The SMILES string of the molecule is Cc1ccc(SNc2nc3cc([N+](=O)[O-])ccc3s2)cc1. The Morgan fingerprint density at radius 1 is 1.24 bits per heavy atom. The minimum absolute atomic E-state index is 0.0607. The largest absolute Gasteiger partial charge is 0.301 e. The maximum atomic E-state index is 10.8. The summed E-state index contributed by atoms with van der Waals surface area (Å²) in [6, 6.07) is 12.9. The van der Waals surface area contributed by atoms with Crippen molar-refractivity contribution in [3.8, 4) is 0 Å². The number of rotatable bonds is 4. The van der Waals surface area contributed by atoms with Gasteiger partial charge in [0, 0.05) is 17.0 Å². The Hall–Kier alpha value is -2.12. The second-order valence-electron chi connectivity index (χ2n) is 4.45. The highest BCUT2D eigenvalue weighted by molar-refractivity contribution is 8.00. The molecule has 0 saturated carbocycles. The molecule has 0 aliphatic heterocycles. The molecular formula is C14H11N3O2S2. The number of hydrogen-bond acceptors (Lipinski definition) is 6. The Bertz CT molecular complexity index is 800. The molecule has 0 aliphatic rings. The van der Waals surface area contributed by atoms with Crippen LogP contribution in [-0.4, -0.2) is 9.91 Å². The van der Waals surface area contributed by atoms with Crippen LogP contribution >= 0.6 is 23.3 Å². The van der Waals surface area contributed by atoms with Crippen LogP contribution in [0.2, 0.25) is 0 Å². The molecule has 0 fully saturated rings. The number of nitrogens with zero attached hydrogens (tertiary/aromatic N) is 2. The van der Waals surface area contributed by atoms with Gasteiger partial charge in [-0.3, -0.25) is 10.1 Å². The van der Waals surface area contributed by atoms with Crippen LogP contribution in [0.4, 0.5) is 10.8 Å². The molecule has 0 bridgehead atoms. The monoisotopic (exact) mass is 317 g/mol. The van der Waals surface area contributed by atoms with E-state index in [4.69, 9.17) is 0 Å². The number of aryl methyl sites for hydroxylation is 1. The summed E-state index contributed by atoms with van der Waals surface area (Å²) < 4.78 is 4.10. The zero-order valence-electron chi connectivity index (χ0n) is 11.1. The van der Waals surface area contributed by atoms with E-state index in [9.17, 15) is 10.1 Å². The van der Waals surface area contributed by atoms with E-state index in [2.05, 4.69) is 9.71 Å². The van der Waals surface area contributed by atoms with Crippen molar-refractivity contribution < 1.29 is 4.92 Å². The van der Waals surface area contributed by atoms with Crippen LogP contribution in [0.5, 0.6) is 0 Å². The molecule has 1 N–H and O–H groups in total. The van der Waals surface area contributed by atoms with Gasteiger partial charge in [0.25, 0.3) is 5.69 Å². The summed E-state index contributed by atoms with van der Waals surface area (Å²) >= 11 is 2.95. The van der Waals surface area contributed by atoms with Gasteiger partial charge in [0.15, 0.2) is 5.13 Å². The lowest BCUT2D eigenvalue weighted by molar-refractivity contribution is -0.384. The fourth-order valence-electron chi connectivity index (χ4n) is 1.78. The second-order valence-corrected chi connectivity index (χ2v) is 6.36. The van der Waals surface area contributed by atoms with Gasteiger partial charge < -0.3 is 4.72 Å². The molecule has 0 aliphatic carbocycles. The summed E-state index contributed by atoms with van der Waals surface area (Å²) in [6.07, 6.45) is 0. The number of aromatic nitrogens is 1. The normalized spacial score (nSPS) is 10.7. The molecule has 0 spiro atoms. The van der Waals surface area contributed by atoms with Crippen LogP contribution in [0, 0.1) is 17.0 Å². The summed E-state index contributed by atoms with van der Waals surface area (Å²) in [5.41, 5.74) is 1.92. The molecule has 0 unspecified atom stereocenters. The number of benzene rings is 2. The summed E-state index contributed by atoms with van der Waals surface area (Å²) in [5.74, 6) is 0. The van der Waals surface area contributed by atoms with E-state index in [1.165, 1.54) is 41.0 Å². The highest BCUT2D eigenvalue weighted by Gasteiger charge is 2.10. The number of nitrogens with one attached hydrogen (secondary N) is 1.